The molecule has 1 aliphatic heterocycles. The monoisotopic (exact) mass is 377 g/mol. The summed E-state index contributed by atoms with van der Waals surface area (Å²) in [5.41, 5.74) is 4.39. The molecule has 0 saturated carbocycles. The zero-order chi connectivity index (χ0) is 19.0. The first-order chi connectivity index (χ1) is 13.1. The number of hydrogen-bond donors (Lipinski definition) is 1. The summed E-state index contributed by atoms with van der Waals surface area (Å²) in [6.45, 7) is 6.46. The Labute approximate surface area is 165 Å². The average molecular weight is 378 g/mol. The largest absolute Gasteiger partial charge is 0.352 e. The van der Waals surface area contributed by atoms with Crippen molar-refractivity contribution < 1.29 is 0 Å². The molecule has 0 spiro atoms. The van der Waals surface area contributed by atoms with Crippen molar-refractivity contribution >= 4 is 17.3 Å². The Bertz CT molecular complexity index is 936. The molecule has 0 radical (unpaired) electrons. The molecule has 3 aromatic rings. The minimum absolute atomic E-state index is 0.00850. The van der Waals surface area contributed by atoms with Crippen LogP contribution in [0.4, 0.5) is 0 Å². The Morgan fingerprint density at radius 2 is 1.93 bits per heavy atom. The van der Waals surface area contributed by atoms with Gasteiger partial charge in [0.05, 0.1) is 29.7 Å². The van der Waals surface area contributed by atoms with E-state index in [2.05, 4.69) is 69.8 Å². The van der Waals surface area contributed by atoms with Crippen LogP contribution in [0.15, 0.2) is 61.1 Å². The SMILES string of the molecule is Cc1ccc([C@H]2[C@H](c3ccccn3)NC(=S)N2C(C)C)n1-c1cccnc1. The molecule has 5 nitrogen and oxygen atoms in total. The summed E-state index contributed by atoms with van der Waals surface area (Å²) in [7, 11) is 0. The van der Waals surface area contributed by atoms with Gasteiger partial charge in [-0.15, -0.1) is 0 Å². The summed E-state index contributed by atoms with van der Waals surface area (Å²) in [6, 6.07) is 14.7. The quantitative estimate of drug-likeness (QED) is 0.698. The standard InChI is InChI=1S/C21H23N5S/c1-14(2)25-20(19(24-21(25)27)17-8-4-5-12-23-17)18-10-9-15(3)26(18)16-7-6-11-22-13-16/h4-14,19-20H,1-3H3,(H,24,27)/t19-,20-/m0/s1. The number of aromatic nitrogens is 3. The van der Waals surface area contributed by atoms with Gasteiger partial charge in [0.25, 0.3) is 0 Å². The second-order valence-electron chi connectivity index (χ2n) is 7.07. The summed E-state index contributed by atoms with van der Waals surface area (Å²) in [6.07, 6.45) is 5.53. The van der Waals surface area contributed by atoms with Crippen LogP contribution >= 0.6 is 12.2 Å². The molecule has 6 heteroatoms. The summed E-state index contributed by atoms with van der Waals surface area (Å²) in [4.78, 5) is 11.2. The smallest absolute Gasteiger partial charge is 0.170 e. The van der Waals surface area contributed by atoms with Crippen molar-refractivity contribution in [2.75, 3.05) is 0 Å². The van der Waals surface area contributed by atoms with E-state index in [0.29, 0.717) is 0 Å². The number of thiocarbonyl (C=S) groups is 1. The molecule has 138 valence electrons. The Morgan fingerprint density at radius 1 is 1.07 bits per heavy atom. The number of nitrogens with one attached hydrogen (secondary N) is 1. The number of aryl methyl sites for hydroxylation is 1. The first kappa shape index (κ1) is 17.7. The molecule has 2 atom stereocenters. The third kappa shape index (κ3) is 3.10. The fourth-order valence-electron chi connectivity index (χ4n) is 3.87. The summed E-state index contributed by atoms with van der Waals surface area (Å²) in [5.74, 6) is 0. The van der Waals surface area contributed by atoms with Crippen molar-refractivity contribution in [2.24, 2.45) is 0 Å². The van der Waals surface area contributed by atoms with E-state index in [1.54, 1.807) is 6.20 Å². The van der Waals surface area contributed by atoms with Gasteiger partial charge in [0.2, 0.25) is 0 Å². The fraction of sp³-hybridized carbons (Fsp3) is 0.286. The molecule has 4 rings (SSSR count). The number of rotatable bonds is 4. The third-order valence-corrected chi connectivity index (χ3v) is 5.33. The van der Waals surface area contributed by atoms with Gasteiger partial charge in [0.1, 0.15) is 0 Å². The van der Waals surface area contributed by atoms with Crippen molar-refractivity contribution in [3.8, 4) is 5.69 Å². The highest BCUT2D eigenvalue weighted by Crippen LogP contribution is 2.41. The first-order valence-corrected chi connectivity index (χ1v) is 9.57. The van der Waals surface area contributed by atoms with Crippen LogP contribution in [0.1, 0.15) is 43.0 Å². The lowest BCUT2D eigenvalue weighted by molar-refractivity contribution is 0.262. The maximum Gasteiger partial charge on any atom is 0.170 e. The zero-order valence-corrected chi connectivity index (χ0v) is 16.5. The maximum atomic E-state index is 5.70. The van der Waals surface area contributed by atoms with Crippen LogP contribution in [0, 0.1) is 6.92 Å². The van der Waals surface area contributed by atoms with E-state index in [4.69, 9.17) is 12.2 Å². The van der Waals surface area contributed by atoms with Crippen LogP contribution in [-0.2, 0) is 0 Å². The lowest BCUT2D eigenvalue weighted by atomic mass is 10.0. The van der Waals surface area contributed by atoms with Gasteiger partial charge in [-0.3, -0.25) is 9.97 Å². The fourth-order valence-corrected chi connectivity index (χ4v) is 4.32. The van der Waals surface area contributed by atoms with Crippen LogP contribution in [0.3, 0.4) is 0 Å². The predicted molar refractivity (Wildman–Crippen MR) is 111 cm³/mol. The van der Waals surface area contributed by atoms with Gasteiger partial charge in [-0.25, -0.2) is 0 Å². The van der Waals surface area contributed by atoms with Crippen LogP contribution in [0.25, 0.3) is 5.69 Å². The molecule has 1 fully saturated rings. The van der Waals surface area contributed by atoms with E-state index >= 15 is 0 Å². The van der Waals surface area contributed by atoms with Gasteiger partial charge in [0.15, 0.2) is 5.11 Å². The highest BCUT2D eigenvalue weighted by Gasteiger charge is 2.42. The van der Waals surface area contributed by atoms with E-state index in [1.807, 2.05) is 30.6 Å². The number of nitrogens with zero attached hydrogens (tertiary/aromatic N) is 4. The van der Waals surface area contributed by atoms with Gasteiger partial charge < -0.3 is 14.8 Å². The van der Waals surface area contributed by atoms with Gasteiger partial charge in [-0.05, 0) is 69.4 Å². The van der Waals surface area contributed by atoms with Crippen molar-refractivity contribution in [3.63, 3.8) is 0 Å². The summed E-state index contributed by atoms with van der Waals surface area (Å²) in [5, 5.41) is 4.27. The molecule has 1 N–H and O–H groups in total. The Hall–Kier alpha value is -2.73. The lowest BCUT2D eigenvalue weighted by Crippen LogP contribution is -2.36. The highest BCUT2D eigenvalue weighted by atomic mass is 32.1. The minimum Gasteiger partial charge on any atom is -0.352 e. The Morgan fingerprint density at radius 3 is 2.59 bits per heavy atom. The third-order valence-electron chi connectivity index (χ3n) is 5.01. The number of hydrogen-bond acceptors (Lipinski definition) is 3. The van der Waals surface area contributed by atoms with E-state index in [1.165, 1.54) is 11.4 Å². The van der Waals surface area contributed by atoms with E-state index in [-0.39, 0.29) is 18.1 Å². The Kier molecular flexibility index (Phi) is 4.66. The molecule has 4 heterocycles. The van der Waals surface area contributed by atoms with Crippen LogP contribution in [-0.4, -0.2) is 30.6 Å². The van der Waals surface area contributed by atoms with E-state index < -0.39 is 0 Å². The second-order valence-corrected chi connectivity index (χ2v) is 7.46. The van der Waals surface area contributed by atoms with Gasteiger partial charge in [-0.1, -0.05) is 6.07 Å². The molecule has 1 saturated heterocycles. The molecular weight excluding hydrogens is 354 g/mol. The Balaban J connectivity index is 1.88. The van der Waals surface area contributed by atoms with Crippen molar-refractivity contribution in [1.29, 1.82) is 0 Å². The first-order valence-electron chi connectivity index (χ1n) is 9.16. The van der Waals surface area contributed by atoms with Crippen molar-refractivity contribution in [1.82, 2.24) is 24.8 Å². The molecule has 0 unspecified atom stereocenters. The van der Waals surface area contributed by atoms with Crippen molar-refractivity contribution in [3.05, 3.63) is 78.1 Å². The number of pyridine rings is 2. The minimum atomic E-state index is -0.00850. The normalized spacial score (nSPS) is 19.6. The molecule has 0 bridgehead atoms. The molecule has 0 aromatic carbocycles. The summed E-state index contributed by atoms with van der Waals surface area (Å²) >= 11 is 5.70. The summed E-state index contributed by atoms with van der Waals surface area (Å²) < 4.78 is 2.26. The van der Waals surface area contributed by atoms with E-state index in [0.717, 1.165) is 16.5 Å². The molecule has 1 aliphatic rings. The predicted octanol–water partition coefficient (Wildman–Crippen LogP) is 3.96. The average Bonchev–Trinajstić information content (AvgIpc) is 3.22. The van der Waals surface area contributed by atoms with Gasteiger partial charge >= 0.3 is 0 Å². The van der Waals surface area contributed by atoms with E-state index in [9.17, 15) is 0 Å². The molecule has 3 aromatic heterocycles. The van der Waals surface area contributed by atoms with Gasteiger partial charge in [-0.2, -0.15) is 0 Å². The highest BCUT2D eigenvalue weighted by molar-refractivity contribution is 7.80. The lowest BCUT2D eigenvalue weighted by Gasteiger charge is -2.32. The molecular formula is C21H23N5S. The van der Waals surface area contributed by atoms with Gasteiger partial charge in [0, 0.05) is 29.8 Å². The van der Waals surface area contributed by atoms with Crippen LogP contribution < -0.4 is 5.32 Å². The van der Waals surface area contributed by atoms with Crippen LogP contribution in [0.5, 0.6) is 0 Å². The molecule has 0 amide bonds. The maximum absolute atomic E-state index is 5.70. The zero-order valence-electron chi connectivity index (χ0n) is 15.7. The van der Waals surface area contributed by atoms with Crippen LogP contribution in [0.2, 0.25) is 0 Å². The molecule has 0 aliphatic carbocycles. The topological polar surface area (TPSA) is 46.0 Å². The van der Waals surface area contributed by atoms with Crippen molar-refractivity contribution in [2.45, 2.75) is 38.9 Å². The second kappa shape index (κ2) is 7.12. The molecule has 27 heavy (non-hydrogen) atoms.